The number of benzene rings is 1. The van der Waals surface area contributed by atoms with Gasteiger partial charge in [-0.05, 0) is 25.9 Å². The molecule has 1 heterocycles. The fraction of sp³-hybridized carbons (Fsp3) is 0.538. The Kier molecular flexibility index (Phi) is 8.73. The number of hydrogen-bond donors (Lipinski definition) is 0. The third-order valence-electron chi connectivity index (χ3n) is 2.84. The Morgan fingerprint density at radius 1 is 1.19 bits per heavy atom. The molecule has 0 saturated carbocycles. The van der Waals surface area contributed by atoms with Gasteiger partial charge >= 0.3 is 23.1 Å². The first kappa shape index (κ1) is 16.4. The average Bonchev–Trinajstić information content (AvgIpc) is 2.19. The number of likely N-dealkylation sites (tertiary alicyclic amines) is 1. The molecule has 1 fully saturated rings. The van der Waals surface area contributed by atoms with Gasteiger partial charge in [0.2, 0.25) is 0 Å². The van der Waals surface area contributed by atoms with Crippen LogP contribution < -0.4 is 17.0 Å². The third kappa shape index (κ3) is 5.17. The van der Waals surface area contributed by atoms with Crippen LogP contribution in [0.15, 0.2) is 18.2 Å². The van der Waals surface area contributed by atoms with Crippen molar-refractivity contribution >= 4 is 23.1 Å². The Balaban J connectivity index is 0.00000112. The van der Waals surface area contributed by atoms with Gasteiger partial charge in [0.1, 0.15) is 0 Å². The SMILES string of the molecule is Cc1[c-]c(CN2CCCCC2)ccc1.[Br-].[Mg+2]. The van der Waals surface area contributed by atoms with E-state index < -0.39 is 0 Å². The van der Waals surface area contributed by atoms with Gasteiger partial charge in [-0.2, -0.15) is 29.8 Å². The Morgan fingerprint density at radius 2 is 1.88 bits per heavy atom. The molecule has 2 rings (SSSR count). The minimum absolute atomic E-state index is 0. The molecule has 0 amide bonds. The topological polar surface area (TPSA) is 3.24 Å². The standard InChI is InChI=1S/C13H18N.BrH.Mg/c1-12-6-5-7-13(10-12)11-14-8-3-2-4-9-14;;/h5-7H,2-4,8-9,11H2,1H3;1H;/q-1;;+2/p-1. The van der Waals surface area contributed by atoms with E-state index in [2.05, 4.69) is 36.1 Å². The van der Waals surface area contributed by atoms with E-state index in [0.717, 1.165) is 6.54 Å². The molecular weight excluding hydrogens is 274 g/mol. The molecule has 0 spiro atoms. The Bertz CT molecular complexity index is 298. The van der Waals surface area contributed by atoms with Gasteiger partial charge in [-0.1, -0.05) is 13.3 Å². The first-order valence-corrected chi connectivity index (χ1v) is 5.55. The van der Waals surface area contributed by atoms with Gasteiger partial charge in [0.05, 0.1) is 0 Å². The summed E-state index contributed by atoms with van der Waals surface area (Å²) in [7, 11) is 0. The summed E-state index contributed by atoms with van der Waals surface area (Å²) < 4.78 is 0. The van der Waals surface area contributed by atoms with Crippen LogP contribution in [0.3, 0.4) is 0 Å². The number of nitrogens with zero attached hydrogens (tertiary/aromatic N) is 1. The van der Waals surface area contributed by atoms with Crippen LogP contribution in [0, 0.1) is 13.0 Å². The maximum atomic E-state index is 3.41. The van der Waals surface area contributed by atoms with Crippen molar-refractivity contribution in [3.05, 3.63) is 35.4 Å². The van der Waals surface area contributed by atoms with Crippen molar-refractivity contribution in [3.8, 4) is 0 Å². The van der Waals surface area contributed by atoms with E-state index >= 15 is 0 Å². The Hall–Kier alpha value is 0.426. The fourth-order valence-corrected chi connectivity index (χ4v) is 2.10. The summed E-state index contributed by atoms with van der Waals surface area (Å²) >= 11 is 0. The first-order valence-electron chi connectivity index (χ1n) is 5.55. The zero-order valence-corrected chi connectivity index (χ0v) is 13.0. The van der Waals surface area contributed by atoms with E-state index in [0.29, 0.717) is 0 Å². The second kappa shape index (κ2) is 8.51. The van der Waals surface area contributed by atoms with E-state index in [1.165, 1.54) is 43.5 Å². The average molecular weight is 293 g/mol. The summed E-state index contributed by atoms with van der Waals surface area (Å²) in [5, 5.41) is 0. The molecule has 0 N–H and O–H groups in total. The summed E-state index contributed by atoms with van der Waals surface area (Å²) in [6, 6.07) is 9.84. The zero-order chi connectivity index (χ0) is 9.80. The van der Waals surface area contributed by atoms with Gasteiger partial charge in [-0.15, -0.1) is 5.56 Å². The smallest absolute Gasteiger partial charge is 1.00 e. The number of piperidine rings is 1. The third-order valence-corrected chi connectivity index (χ3v) is 2.84. The van der Waals surface area contributed by atoms with E-state index in [9.17, 15) is 0 Å². The van der Waals surface area contributed by atoms with Crippen LogP contribution >= 0.6 is 0 Å². The molecule has 0 bridgehead atoms. The van der Waals surface area contributed by atoms with Crippen molar-refractivity contribution in [1.29, 1.82) is 0 Å². The van der Waals surface area contributed by atoms with Crippen molar-refractivity contribution in [2.24, 2.45) is 0 Å². The molecule has 1 aromatic carbocycles. The zero-order valence-electron chi connectivity index (χ0n) is 10.0. The molecule has 0 aliphatic carbocycles. The molecule has 1 aromatic rings. The fourth-order valence-electron chi connectivity index (χ4n) is 2.10. The molecule has 84 valence electrons. The predicted molar refractivity (Wildman–Crippen MR) is 64.9 cm³/mol. The van der Waals surface area contributed by atoms with Crippen LogP contribution in [-0.4, -0.2) is 41.0 Å². The van der Waals surface area contributed by atoms with Crippen molar-refractivity contribution in [2.75, 3.05) is 13.1 Å². The van der Waals surface area contributed by atoms with Crippen molar-refractivity contribution in [2.45, 2.75) is 32.7 Å². The Morgan fingerprint density at radius 3 is 2.50 bits per heavy atom. The molecule has 1 aliphatic rings. The van der Waals surface area contributed by atoms with Crippen molar-refractivity contribution in [1.82, 2.24) is 4.90 Å². The molecule has 0 atom stereocenters. The number of halogens is 1. The van der Waals surface area contributed by atoms with Gasteiger partial charge in [-0.3, -0.25) is 0 Å². The molecular formula is C13H18BrMgN. The maximum absolute atomic E-state index is 3.41. The van der Waals surface area contributed by atoms with Crippen LogP contribution in [0.2, 0.25) is 0 Å². The number of aryl methyl sites for hydroxylation is 1. The van der Waals surface area contributed by atoms with Crippen LogP contribution in [-0.2, 0) is 6.54 Å². The summed E-state index contributed by atoms with van der Waals surface area (Å²) in [6.07, 6.45) is 4.14. The molecule has 16 heavy (non-hydrogen) atoms. The number of hydrogen-bond acceptors (Lipinski definition) is 1. The van der Waals surface area contributed by atoms with Crippen LogP contribution in [0.1, 0.15) is 30.4 Å². The summed E-state index contributed by atoms with van der Waals surface area (Å²) in [5.74, 6) is 0. The van der Waals surface area contributed by atoms with E-state index in [4.69, 9.17) is 0 Å². The molecule has 3 heteroatoms. The second-order valence-corrected chi connectivity index (χ2v) is 4.20. The molecule has 1 nitrogen and oxygen atoms in total. The number of rotatable bonds is 2. The Labute approximate surface area is 126 Å². The molecule has 0 aromatic heterocycles. The normalized spacial score (nSPS) is 16.1. The molecule has 1 saturated heterocycles. The van der Waals surface area contributed by atoms with Crippen LogP contribution in [0.5, 0.6) is 0 Å². The molecule has 1 aliphatic heterocycles. The van der Waals surface area contributed by atoms with Gasteiger partial charge in [0.15, 0.2) is 0 Å². The van der Waals surface area contributed by atoms with Gasteiger partial charge in [0.25, 0.3) is 0 Å². The monoisotopic (exact) mass is 291 g/mol. The molecule has 0 radical (unpaired) electrons. The van der Waals surface area contributed by atoms with Crippen molar-refractivity contribution < 1.29 is 17.0 Å². The quantitative estimate of drug-likeness (QED) is 0.520. The van der Waals surface area contributed by atoms with Gasteiger partial charge in [0, 0.05) is 6.54 Å². The van der Waals surface area contributed by atoms with E-state index in [1.807, 2.05) is 0 Å². The second-order valence-electron chi connectivity index (χ2n) is 4.20. The summed E-state index contributed by atoms with van der Waals surface area (Å²) in [6.45, 7) is 5.73. The van der Waals surface area contributed by atoms with Crippen LogP contribution in [0.25, 0.3) is 0 Å². The van der Waals surface area contributed by atoms with E-state index in [-0.39, 0.29) is 40.0 Å². The summed E-state index contributed by atoms with van der Waals surface area (Å²) in [4.78, 5) is 2.54. The largest absolute Gasteiger partial charge is 2.00 e. The maximum Gasteiger partial charge on any atom is 2.00 e. The minimum atomic E-state index is 0. The van der Waals surface area contributed by atoms with Crippen molar-refractivity contribution in [3.63, 3.8) is 0 Å². The molecule has 0 unspecified atom stereocenters. The first-order chi connectivity index (χ1) is 6.84. The van der Waals surface area contributed by atoms with Gasteiger partial charge < -0.3 is 21.9 Å². The van der Waals surface area contributed by atoms with Crippen LogP contribution in [0.4, 0.5) is 0 Å². The summed E-state index contributed by atoms with van der Waals surface area (Å²) in [5.41, 5.74) is 2.59. The van der Waals surface area contributed by atoms with Gasteiger partial charge in [-0.25, -0.2) is 0 Å². The minimum Gasteiger partial charge on any atom is -1.00 e. The van der Waals surface area contributed by atoms with E-state index in [1.54, 1.807) is 0 Å². The predicted octanol–water partition coefficient (Wildman–Crippen LogP) is -0.596.